The average Bonchev–Trinajstić information content (AvgIpc) is 2.17. The van der Waals surface area contributed by atoms with Gasteiger partial charge in [0.05, 0.1) is 0 Å². The van der Waals surface area contributed by atoms with E-state index in [1.54, 1.807) is 19.0 Å². The van der Waals surface area contributed by atoms with Crippen LogP contribution in [-0.4, -0.2) is 48.7 Å². The Labute approximate surface area is 99.9 Å². The van der Waals surface area contributed by atoms with Gasteiger partial charge in [0.25, 0.3) is 10.1 Å². The summed E-state index contributed by atoms with van der Waals surface area (Å²) in [6.07, 6.45) is 0. The number of hydrogen-bond acceptors (Lipinski definition) is 5. The third-order valence-electron chi connectivity index (χ3n) is 2.26. The van der Waals surface area contributed by atoms with E-state index in [0.29, 0.717) is 0 Å². The highest BCUT2D eigenvalue weighted by molar-refractivity contribution is 7.86. The van der Waals surface area contributed by atoms with Gasteiger partial charge in [-0.05, 0) is 31.8 Å². The van der Waals surface area contributed by atoms with Crippen molar-refractivity contribution in [3.63, 3.8) is 0 Å². The van der Waals surface area contributed by atoms with Crippen LogP contribution in [0.5, 0.6) is 11.5 Å². The molecule has 0 aromatic heterocycles. The van der Waals surface area contributed by atoms with Crippen LogP contribution in [0.3, 0.4) is 0 Å². The van der Waals surface area contributed by atoms with E-state index in [0.717, 1.165) is 6.07 Å². The van der Waals surface area contributed by atoms with Crippen LogP contribution in [0.1, 0.15) is 10.8 Å². The summed E-state index contributed by atoms with van der Waals surface area (Å²) in [5.74, 6) is -0.761. The second-order valence-electron chi connectivity index (χ2n) is 4.01. The van der Waals surface area contributed by atoms with Crippen LogP contribution in [-0.2, 0) is 10.1 Å². The Hall–Kier alpha value is -1.31. The van der Waals surface area contributed by atoms with Gasteiger partial charge in [0.1, 0.15) is 5.25 Å². The standard InChI is InChI=1S/C10H15NO5S/c1-11(2)6-10(17(14,15)16)7-3-4-8(12)9(13)5-7/h3-5,10,12-13H,6H2,1-2H3,(H,14,15,16). The Morgan fingerprint density at radius 2 is 1.82 bits per heavy atom. The van der Waals surface area contributed by atoms with Crippen LogP contribution in [0.25, 0.3) is 0 Å². The van der Waals surface area contributed by atoms with Crippen molar-refractivity contribution in [2.45, 2.75) is 5.25 Å². The van der Waals surface area contributed by atoms with Crippen molar-refractivity contribution in [3.8, 4) is 11.5 Å². The lowest BCUT2D eigenvalue weighted by molar-refractivity contribution is 0.381. The summed E-state index contributed by atoms with van der Waals surface area (Å²) in [5.41, 5.74) is 0.219. The summed E-state index contributed by atoms with van der Waals surface area (Å²) in [5, 5.41) is 17.3. The molecule has 0 fully saturated rings. The molecule has 0 radical (unpaired) electrons. The maximum absolute atomic E-state index is 11.2. The van der Waals surface area contributed by atoms with Crippen molar-refractivity contribution in [2.24, 2.45) is 0 Å². The van der Waals surface area contributed by atoms with Crippen LogP contribution < -0.4 is 0 Å². The van der Waals surface area contributed by atoms with Crippen molar-refractivity contribution < 1.29 is 23.2 Å². The Bertz CT molecular complexity index is 497. The number of benzene rings is 1. The molecule has 6 nitrogen and oxygen atoms in total. The highest BCUT2D eigenvalue weighted by atomic mass is 32.2. The van der Waals surface area contributed by atoms with Gasteiger partial charge < -0.3 is 15.1 Å². The molecule has 1 unspecified atom stereocenters. The monoisotopic (exact) mass is 261 g/mol. The lowest BCUT2D eigenvalue weighted by atomic mass is 10.1. The molecule has 0 saturated heterocycles. The molecule has 0 aliphatic carbocycles. The highest BCUT2D eigenvalue weighted by Gasteiger charge is 2.26. The fourth-order valence-electron chi connectivity index (χ4n) is 1.44. The Morgan fingerprint density at radius 1 is 1.24 bits per heavy atom. The van der Waals surface area contributed by atoms with Gasteiger partial charge in [0, 0.05) is 6.54 Å². The van der Waals surface area contributed by atoms with Gasteiger partial charge in [0.2, 0.25) is 0 Å². The number of likely N-dealkylation sites (N-methyl/N-ethyl adjacent to an activating group) is 1. The SMILES string of the molecule is CN(C)CC(c1ccc(O)c(O)c1)S(=O)(=O)O. The quantitative estimate of drug-likeness (QED) is 0.542. The topological polar surface area (TPSA) is 98.1 Å². The molecule has 0 aliphatic rings. The second kappa shape index (κ2) is 4.91. The lowest BCUT2D eigenvalue weighted by Gasteiger charge is -2.19. The number of phenols is 2. The van der Waals surface area contributed by atoms with Gasteiger partial charge in [-0.25, -0.2) is 0 Å². The minimum Gasteiger partial charge on any atom is -0.504 e. The first-order valence-corrected chi connectivity index (χ1v) is 6.35. The summed E-state index contributed by atoms with van der Waals surface area (Å²) in [7, 11) is -0.947. The van der Waals surface area contributed by atoms with E-state index >= 15 is 0 Å². The molecular formula is C10H15NO5S. The molecule has 1 rings (SSSR count). The first-order chi connectivity index (χ1) is 7.71. The molecular weight excluding hydrogens is 246 g/mol. The van der Waals surface area contributed by atoms with Crippen LogP contribution >= 0.6 is 0 Å². The van der Waals surface area contributed by atoms with E-state index < -0.39 is 21.1 Å². The molecule has 17 heavy (non-hydrogen) atoms. The number of hydrogen-bond donors (Lipinski definition) is 3. The minimum atomic E-state index is -4.28. The van der Waals surface area contributed by atoms with Crippen molar-refractivity contribution in [1.29, 1.82) is 0 Å². The van der Waals surface area contributed by atoms with Crippen molar-refractivity contribution in [3.05, 3.63) is 23.8 Å². The van der Waals surface area contributed by atoms with Crippen LogP contribution in [0.2, 0.25) is 0 Å². The molecule has 0 aliphatic heterocycles. The van der Waals surface area contributed by atoms with Gasteiger partial charge in [-0.2, -0.15) is 8.42 Å². The van der Waals surface area contributed by atoms with Gasteiger partial charge >= 0.3 is 0 Å². The van der Waals surface area contributed by atoms with E-state index in [1.165, 1.54) is 12.1 Å². The summed E-state index contributed by atoms with van der Waals surface area (Å²) in [6, 6.07) is 3.65. The molecule has 96 valence electrons. The molecule has 1 aromatic rings. The van der Waals surface area contributed by atoms with Crippen LogP contribution in [0.4, 0.5) is 0 Å². The first kappa shape index (κ1) is 13.8. The van der Waals surface area contributed by atoms with Crippen molar-refractivity contribution in [2.75, 3.05) is 20.6 Å². The Morgan fingerprint density at radius 3 is 2.24 bits per heavy atom. The van der Waals surface area contributed by atoms with Gasteiger partial charge in [0.15, 0.2) is 11.5 Å². The summed E-state index contributed by atoms with van der Waals surface area (Å²) in [4.78, 5) is 1.60. The smallest absolute Gasteiger partial charge is 0.273 e. The number of nitrogens with zero attached hydrogens (tertiary/aromatic N) is 1. The molecule has 0 spiro atoms. The Kier molecular flexibility index (Phi) is 3.97. The van der Waals surface area contributed by atoms with Crippen LogP contribution in [0.15, 0.2) is 18.2 Å². The largest absolute Gasteiger partial charge is 0.504 e. The van der Waals surface area contributed by atoms with E-state index in [4.69, 9.17) is 9.66 Å². The normalized spacial score (nSPS) is 13.9. The van der Waals surface area contributed by atoms with Crippen molar-refractivity contribution in [1.82, 2.24) is 4.90 Å². The number of phenolic OH excluding ortho intramolecular Hbond substituents is 2. The molecule has 0 bridgehead atoms. The molecule has 0 heterocycles. The molecule has 7 heteroatoms. The van der Waals surface area contributed by atoms with Crippen molar-refractivity contribution >= 4 is 10.1 Å². The predicted molar refractivity (Wildman–Crippen MR) is 62.6 cm³/mol. The van der Waals surface area contributed by atoms with E-state index in [1.807, 2.05) is 0 Å². The van der Waals surface area contributed by atoms with E-state index in [-0.39, 0.29) is 17.9 Å². The highest BCUT2D eigenvalue weighted by Crippen LogP contribution is 2.30. The molecule has 3 N–H and O–H groups in total. The first-order valence-electron chi connectivity index (χ1n) is 4.84. The second-order valence-corrected chi connectivity index (χ2v) is 5.61. The predicted octanol–water partition coefficient (Wildman–Crippen LogP) is 0.588. The fraction of sp³-hybridized carbons (Fsp3) is 0.400. The Balaban J connectivity index is 3.18. The lowest BCUT2D eigenvalue weighted by Crippen LogP contribution is -2.26. The molecule has 1 aromatic carbocycles. The van der Waals surface area contributed by atoms with E-state index in [2.05, 4.69) is 0 Å². The average molecular weight is 261 g/mol. The third kappa shape index (κ3) is 3.58. The minimum absolute atomic E-state index is 0.0725. The number of rotatable bonds is 4. The maximum atomic E-state index is 11.2. The van der Waals surface area contributed by atoms with Gasteiger partial charge in [-0.3, -0.25) is 4.55 Å². The zero-order valence-electron chi connectivity index (χ0n) is 9.53. The number of aromatic hydroxyl groups is 2. The summed E-state index contributed by atoms with van der Waals surface area (Å²) >= 11 is 0. The molecule has 1 atom stereocenters. The van der Waals surface area contributed by atoms with Gasteiger partial charge in [-0.15, -0.1) is 0 Å². The zero-order valence-corrected chi connectivity index (χ0v) is 10.3. The third-order valence-corrected chi connectivity index (χ3v) is 3.40. The fourth-order valence-corrected chi connectivity index (χ4v) is 2.42. The van der Waals surface area contributed by atoms with E-state index in [9.17, 15) is 13.5 Å². The maximum Gasteiger partial charge on any atom is 0.273 e. The zero-order chi connectivity index (χ0) is 13.2. The van der Waals surface area contributed by atoms with Gasteiger partial charge in [-0.1, -0.05) is 6.07 Å². The summed E-state index contributed by atoms with van der Waals surface area (Å²) in [6.45, 7) is 0.0725. The summed E-state index contributed by atoms with van der Waals surface area (Å²) < 4.78 is 31.6. The molecule has 0 amide bonds. The van der Waals surface area contributed by atoms with Crippen LogP contribution in [0, 0.1) is 0 Å². The molecule has 0 saturated carbocycles.